The number of carboxylic acid groups (broad SMARTS) is 1. The van der Waals surface area contributed by atoms with Gasteiger partial charge in [0.05, 0.1) is 13.7 Å². The molecule has 1 aliphatic heterocycles. The largest absolute Gasteiger partial charge is 0.497 e. The molecule has 5 nitrogen and oxygen atoms in total. The normalized spacial score (nSPS) is 15.2. The zero-order valence-electron chi connectivity index (χ0n) is 11.8. The van der Waals surface area contributed by atoms with Crippen molar-refractivity contribution in [3.8, 4) is 11.5 Å². The quantitative estimate of drug-likeness (QED) is 0.776. The Bertz CT molecular complexity index is 455. The van der Waals surface area contributed by atoms with Crippen LogP contribution in [-0.2, 0) is 0 Å². The summed E-state index contributed by atoms with van der Waals surface area (Å²) in [7, 11) is 1.55. The van der Waals surface area contributed by atoms with Gasteiger partial charge < -0.3 is 19.5 Å². The van der Waals surface area contributed by atoms with Crippen LogP contribution in [0.3, 0.4) is 0 Å². The number of ether oxygens (including phenoxy) is 2. The van der Waals surface area contributed by atoms with Crippen molar-refractivity contribution in [2.24, 2.45) is 0 Å². The summed E-state index contributed by atoms with van der Waals surface area (Å²) in [6.07, 6.45) is 3.45. The van der Waals surface area contributed by atoms with E-state index in [0.717, 1.165) is 13.0 Å². The van der Waals surface area contributed by atoms with E-state index in [4.69, 9.17) is 14.6 Å². The molecule has 0 aromatic heterocycles. The highest BCUT2D eigenvalue weighted by Gasteiger charge is 2.13. The molecule has 20 heavy (non-hydrogen) atoms. The minimum atomic E-state index is -0.984. The Kier molecular flexibility index (Phi) is 5.24. The highest BCUT2D eigenvalue weighted by atomic mass is 16.5. The fraction of sp³-hybridized carbons (Fsp3) is 0.533. The summed E-state index contributed by atoms with van der Waals surface area (Å²) in [5, 5.41) is 9.13. The molecule has 1 N–H and O–H groups in total. The molecule has 5 heteroatoms. The van der Waals surface area contributed by atoms with Gasteiger partial charge in [-0.3, -0.25) is 0 Å². The standard InChI is InChI=1S/C15H21NO4/c1-19-12-5-6-13(15(17)18)14(11-12)20-10-4-9-16-7-2-3-8-16/h5-6,11H,2-4,7-10H2,1H3,(H,17,18). The molecule has 1 fully saturated rings. The highest BCUT2D eigenvalue weighted by molar-refractivity contribution is 5.91. The van der Waals surface area contributed by atoms with Gasteiger partial charge in [-0.05, 0) is 44.5 Å². The number of hydrogen-bond donors (Lipinski definition) is 1. The molecule has 0 bridgehead atoms. The molecule has 0 unspecified atom stereocenters. The first-order valence-corrected chi connectivity index (χ1v) is 6.97. The van der Waals surface area contributed by atoms with E-state index in [-0.39, 0.29) is 5.56 Å². The second-order valence-electron chi connectivity index (χ2n) is 4.92. The Balaban J connectivity index is 1.88. The molecule has 0 aliphatic carbocycles. The smallest absolute Gasteiger partial charge is 0.339 e. The second-order valence-corrected chi connectivity index (χ2v) is 4.92. The number of nitrogens with zero attached hydrogens (tertiary/aromatic N) is 1. The van der Waals surface area contributed by atoms with Gasteiger partial charge in [0.15, 0.2) is 0 Å². The third-order valence-corrected chi connectivity index (χ3v) is 3.49. The fourth-order valence-electron chi connectivity index (χ4n) is 2.40. The van der Waals surface area contributed by atoms with Crippen molar-refractivity contribution in [2.75, 3.05) is 33.4 Å². The summed E-state index contributed by atoms with van der Waals surface area (Å²) >= 11 is 0. The molecule has 1 aromatic carbocycles. The van der Waals surface area contributed by atoms with Crippen molar-refractivity contribution in [1.82, 2.24) is 4.90 Å². The topological polar surface area (TPSA) is 59.0 Å². The van der Waals surface area contributed by atoms with Crippen LogP contribution in [0.25, 0.3) is 0 Å². The van der Waals surface area contributed by atoms with E-state index in [1.54, 1.807) is 19.2 Å². The number of rotatable bonds is 7. The van der Waals surface area contributed by atoms with E-state index >= 15 is 0 Å². The van der Waals surface area contributed by atoms with Crippen molar-refractivity contribution < 1.29 is 19.4 Å². The first-order chi connectivity index (χ1) is 9.70. The van der Waals surface area contributed by atoms with E-state index < -0.39 is 5.97 Å². The molecule has 1 aliphatic rings. The van der Waals surface area contributed by atoms with Crippen LogP contribution in [0, 0.1) is 0 Å². The second kappa shape index (κ2) is 7.14. The molecule has 0 amide bonds. The first-order valence-electron chi connectivity index (χ1n) is 6.97. The molecule has 1 aromatic rings. The lowest BCUT2D eigenvalue weighted by atomic mass is 10.2. The Morgan fingerprint density at radius 1 is 1.35 bits per heavy atom. The predicted molar refractivity (Wildman–Crippen MR) is 75.7 cm³/mol. The molecule has 0 spiro atoms. The van der Waals surface area contributed by atoms with Crippen LogP contribution in [0.4, 0.5) is 0 Å². The zero-order valence-corrected chi connectivity index (χ0v) is 11.8. The van der Waals surface area contributed by atoms with E-state index in [2.05, 4.69) is 4.90 Å². The Hall–Kier alpha value is -1.75. The van der Waals surface area contributed by atoms with Crippen LogP contribution >= 0.6 is 0 Å². The monoisotopic (exact) mass is 279 g/mol. The van der Waals surface area contributed by atoms with Gasteiger partial charge in [0.1, 0.15) is 17.1 Å². The lowest BCUT2D eigenvalue weighted by molar-refractivity contribution is 0.0692. The Labute approximate surface area is 119 Å². The van der Waals surface area contributed by atoms with Crippen LogP contribution in [0.5, 0.6) is 11.5 Å². The summed E-state index contributed by atoms with van der Waals surface area (Å²) in [6, 6.07) is 4.76. The molecule has 1 saturated heterocycles. The summed E-state index contributed by atoms with van der Waals surface area (Å²) in [4.78, 5) is 13.5. The predicted octanol–water partition coefficient (Wildman–Crippen LogP) is 2.26. The fourth-order valence-corrected chi connectivity index (χ4v) is 2.40. The Morgan fingerprint density at radius 2 is 2.10 bits per heavy atom. The van der Waals surface area contributed by atoms with Crippen LogP contribution in [0.15, 0.2) is 18.2 Å². The number of hydrogen-bond acceptors (Lipinski definition) is 4. The maximum Gasteiger partial charge on any atom is 0.339 e. The number of methoxy groups -OCH3 is 1. The van der Waals surface area contributed by atoms with Gasteiger partial charge >= 0.3 is 5.97 Å². The molecule has 110 valence electrons. The van der Waals surface area contributed by atoms with Gasteiger partial charge in [-0.25, -0.2) is 4.79 Å². The molecule has 0 saturated carbocycles. The van der Waals surface area contributed by atoms with Gasteiger partial charge in [-0.2, -0.15) is 0 Å². The summed E-state index contributed by atoms with van der Waals surface area (Å²) in [5.74, 6) is -0.00925. The molecule has 1 heterocycles. The number of carboxylic acids is 1. The van der Waals surface area contributed by atoms with Gasteiger partial charge in [-0.1, -0.05) is 0 Å². The Morgan fingerprint density at radius 3 is 2.75 bits per heavy atom. The van der Waals surface area contributed by atoms with Gasteiger partial charge in [0, 0.05) is 12.6 Å². The van der Waals surface area contributed by atoms with Crippen LogP contribution in [0.2, 0.25) is 0 Å². The third-order valence-electron chi connectivity index (χ3n) is 3.49. The number of benzene rings is 1. The lowest BCUT2D eigenvalue weighted by Crippen LogP contribution is -2.22. The van der Waals surface area contributed by atoms with Crippen LogP contribution < -0.4 is 9.47 Å². The maximum absolute atomic E-state index is 11.1. The highest BCUT2D eigenvalue weighted by Crippen LogP contribution is 2.25. The van der Waals surface area contributed by atoms with Crippen molar-refractivity contribution in [1.29, 1.82) is 0 Å². The van der Waals surface area contributed by atoms with Crippen molar-refractivity contribution in [2.45, 2.75) is 19.3 Å². The molecule has 2 rings (SSSR count). The van der Waals surface area contributed by atoms with Gasteiger partial charge in [0.25, 0.3) is 0 Å². The molecular weight excluding hydrogens is 258 g/mol. The maximum atomic E-state index is 11.1. The summed E-state index contributed by atoms with van der Waals surface area (Å²) < 4.78 is 10.7. The minimum absolute atomic E-state index is 0.173. The lowest BCUT2D eigenvalue weighted by Gasteiger charge is -2.15. The van der Waals surface area contributed by atoms with E-state index in [9.17, 15) is 4.79 Å². The zero-order chi connectivity index (χ0) is 14.4. The minimum Gasteiger partial charge on any atom is -0.497 e. The van der Waals surface area contributed by atoms with Crippen LogP contribution in [0.1, 0.15) is 29.6 Å². The van der Waals surface area contributed by atoms with Gasteiger partial charge in [0.2, 0.25) is 0 Å². The molecule has 0 radical (unpaired) electrons. The SMILES string of the molecule is COc1ccc(C(=O)O)c(OCCCN2CCCC2)c1. The van der Waals surface area contributed by atoms with Gasteiger partial charge in [-0.15, -0.1) is 0 Å². The number of carbonyl (C=O) groups is 1. The third kappa shape index (κ3) is 3.87. The molecular formula is C15H21NO4. The number of aromatic carboxylic acids is 1. The summed E-state index contributed by atoms with van der Waals surface area (Å²) in [6.45, 7) is 3.86. The van der Waals surface area contributed by atoms with E-state index in [0.29, 0.717) is 18.1 Å². The summed E-state index contributed by atoms with van der Waals surface area (Å²) in [5.41, 5.74) is 0.173. The average molecular weight is 279 g/mol. The number of likely N-dealkylation sites (tertiary alicyclic amines) is 1. The average Bonchev–Trinajstić information content (AvgIpc) is 2.96. The molecule has 0 atom stereocenters. The van der Waals surface area contributed by atoms with Crippen LogP contribution in [-0.4, -0.2) is 49.3 Å². The van der Waals surface area contributed by atoms with Crippen molar-refractivity contribution in [3.63, 3.8) is 0 Å². The first kappa shape index (κ1) is 14.7. The van der Waals surface area contributed by atoms with Crippen molar-refractivity contribution >= 4 is 5.97 Å². The van der Waals surface area contributed by atoms with E-state index in [1.165, 1.54) is 32.0 Å². The van der Waals surface area contributed by atoms with E-state index in [1.807, 2.05) is 0 Å². The van der Waals surface area contributed by atoms with Crippen molar-refractivity contribution in [3.05, 3.63) is 23.8 Å².